The Kier molecular flexibility index (Phi) is 5.39. The fourth-order valence-electron chi connectivity index (χ4n) is 3.07. The van der Waals surface area contributed by atoms with Crippen molar-refractivity contribution in [3.05, 3.63) is 65.7 Å². The van der Waals surface area contributed by atoms with E-state index in [0.717, 1.165) is 16.9 Å². The average molecular weight is 339 g/mol. The highest BCUT2D eigenvalue weighted by Gasteiger charge is 2.33. The normalized spacial score (nSPS) is 16.6. The fourth-order valence-corrected chi connectivity index (χ4v) is 3.07. The van der Waals surface area contributed by atoms with Crippen LogP contribution in [0.15, 0.2) is 54.6 Å². The van der Waals surface area contributed by atoms with Crippen molar-refractivity contribution < 1.29 is 14.3 Å². The first kappa shape index (κ1) is 17.5. The number of carbonyl (C=O) groups excluding carboxylic acids is 1. The number of rotatable bonds is 7. The van der Waals surface area contributed by atoms with Crippen molar-refractivity contribution in [3.63, 3.8) is 0 Å². The Morgan fingerprint density at radius 2 is 1.76 bits per heavy atom. The van der Waals surface area contributed by atoms with Gasteiger partial charge in [-0.1, -0.05) is 49.4 Å². The largest absolute Gasteiger partial charge is 0.497 e. The molecular formula is C21H25NO3. The standard InChI is InChI=1S/C21H25NO3/c1-21(14-25-15-21)13-22-20(23)12-19(16-6-4-3-5-7-16)17-8-10-18(24-2)11-9-17/h3-11,19H,12-15H2,1-2H3,(H,22,23). The van der Waals surface area contributed by atoms with Crippen molar-refractivity contribution in [1.29, 1.82) is 0 Å². The molecule has 2 aromatic rings. The molecule has 0 spiro atoms. The van der Waals surface area contributed by atoms with E-state index in [0.29, 0.717) is 26.2 Å². The zero-order valence-corrected chi connectivity index (χ0v) is 14.8. The molecule has 1 saturated heterocycles. The molecule has 1 atom stereocenters. The first-order chi connectivity index (χ1) is 12.1. The Hall–Kier alpha value is -2.33. The fraction of sp³-hybridized carbons (Fsp3) is 0.381. The molecule has 0 saturated carbocycles. The van der Waals surface area contributed by atoms with Gasteiger partial charge in [-0.05, 0) is 23.3 Å². The number of amides is 1. The van der Waals surface area contributed by atoms with Crippen LogP contribution in [0.4, 0.5) is 0 Å². The van der Waals surface area contributed by atoms with Crippen LogP contribution in [0.5, 0.6) is 5.75 Å². The number of hydrogen-bond donors (Lipinski definition) is 1. The van der Waals surface area contributed by atoms with E-state index in [2.05, 4.69) is 24.4 Å². The van der Waals surface area contributed by atoms with Crippen molar-refractivity contribution in [2.45, 2.75) is 19.3 Å². The highest BCUT2D eigenvalue weighted by molar-refractivity contribution is 5.77. The van der Waals surface area contributed by atoms with Crippen molar-refractivity contribution in [2.75, 3.05) is 26.9 Å². The molecule has 1 fully saturated rings. The van der Waals surface area contributed by atoms with Gasteiger partial charge in [0, 0.05) is 24.3 Å². The maximum atomic E-state index is 12.5. The van der Waals surface area contributed by atoms with Crippen LogP contribution in [0.2, 0.25) is 0 Å². The minimum Gasteiger partial charge on any atom is -0.497 e. The highest BCUT2D eigenvalue weighted by Crippen LogP contribution is 2.30. The summed E-state index contributed by atoms with van der Waals surface area (Å²) in [6.45, 7) is 4.23. The number of ether oxygens (including phenoxy) is 2. The van der Waals surface area contributed by atoms with Gasteiger partial charge >= 0.3 is 0 Å². The van der Waals surface area contributed by atoms with E-state index in [1.807, 2.05) is 42.5 Å². The predicted molar refractivity (Wildman–Crippen MR) is 97.8 cm³/mol. The van der Waals surface area contributed by atoms with Crippen molar-refractivity contribution in [2.24, 2.45) is 5.41 Å². The third-order valence-electron chi connectivity index (χ3n) is 4.72. The number of hydrogen-bond acceptors (Lipinski definition) is 3. The van der Waals surface area contributed by atoms with Gasteiger partial charge in [-0.25, -0.2) is 0 Å². The first-order valence-electron chi connectivity index (χ1n) is 8.63. The summed E-state index contributed by atoms with van der Waals surface area (Å²) < 4.78 is 10.5. The molecule has 132 valence electrons. The maximum absolute atomic E-state index is 12.5. The Morgan fingerprint density at radius 3 is 2.32 bits per heavy atom. The molecule has 0 aromatic heterocycles. The topological polar surface area (TPSA) is 47.6 Å². The Morgan fingerprint density at radius 1 is 1.12 bits per heavy atom. The van der Waals surface area contributed by atoms with Crippen LogP contribution in [0, 0.1) is 5.41 Å². The van der Waals surface area contributed by atoms with Gasteiger partial charge in [0.25, 0.3) is 0 Å². The van der Waals surface area contributed by atoms with E-state index in [-0.39, 0.29) is 17.2 Å². The summed E-state index contributed by atoms with van der Waals surface area (Å²) in [6.07, 6.45) is 0.424. The van der Waals surface area contributed by atoms with Crippen LogP contribution in [-0.4, -0.2) is 32.8 Å². The van der Waals surface area contributed by atoms with Crippen LogP contribution in [0.1, 0.15) is 30.4 Å². The third kappa shape index (κ3) is 4.40. The van der Waals surface area contributed by atoms with Gasteiger partial charge in [0.15, 0.2) is 0 Å². The Bertz CT molecular complexity index is 693. The second-order valence-corrected chi connectivity index (χ2v) is 7.02. The van der Waals surface area contributed by atoms with E-state index in [9.17, 15) is 4.79 Å². The highest BCUT2D eigenvalue weighted by atomic mass is 16.5. The van der Waals surface area contributed by atoms with E-state index >= 15 is 0 Å². The molecule has 0 radical (unpaired) electrons. The van der Waals surface area contributed by atoms with E-state index in [1.54, 1.807) is 7.11 Å². The van der Waals surface area contributed by atoms with Gasteiger partial charge in [-0.15, -0.1) is 0 Å². The quantitative estimate of drug-likeness (QED) is 0.841. The van der Waals surface area contributed by atoms with Crippen molar-refractivity contribution in [3.8, 4) is 5.75 Å². The lowest BCUT2D eigenvalue weighted by molar-refractivity contribution is -0.127. The number of benzene rings is 2. The second kappa shape index (κ2) is 7.70. The molecule has 25 heavy (non-hydrogen) atoms. The zero-order chi connectivity index (χ0) is 17.7. The van der Waals surface area contributed by atoms with Gasteiger partial charge in [0.05, 0.1) is 20.3 Å². The zero-order valence-electron chi connectivity index (χ0n) is 14.8. The van der Waals surface area contributed by atoms with Crippen LogP contribution in [0.3, 0.4) is 0 Å². The smallest absolute Gasteiger partial charge is 0.220 e. The molecular weight excluding hydrogens is 314 g/mol. The van der Waals surface area contributed by atoms with Gasteiger partial charge in [0.2, 0.25) is 5.91 Å². The number of methoxy groups -OCH3 is 1. The molecule has 1 amide bonds. The minimum absolute atomic E-state index is 0.0255. The average Bonchev–Trinajstić information content (AvgIpc) is 2.64. The second-order valence-electron chi connectivity index (χ2n) is 7.02. The minimum atomic E-state index is 0.0255. The van der Waals surface area contributed by atoms with Gasteiger partial charge in [-0.3, -0.25) is 4.79 Å². The lowest BCUT2D eigenvalue weighted by atomic mass is 9.87. The van der Waals surface area contributed by atoms with Crippen LogP contribution < -0.4 is 10.1 Å². The molecule has 1 aliphatic rings. The van der Waals surface area contributed by atoms with Gasteiger partial charge < -0.3 is 14.8 Å². The number of carbonyl (C=O) groups is 1. The van der Waals surface area contributed by atoms with Gasteiger partial charge in [-0.2, -0.15) is 0 Å². The third-order valence-corrected chi connectivity index (χ3v) is 4.72. The van der Waals surface area contributed by atoms with E-state index in [1.165, 1.54) is 0 Å². The molecule has 1 unspecified atom stereocenters. The van der Waals surface area contributed by atoms with Crippen molar-refractivity contribution >= 4 is 5.91 Å². The van der Waals surface area contributed by atoms with Crippen molar-refractivity contribution in [1.82, 2.24) is 5.32 Å². The summed E-state index contributed by atoms with van der Waals surface area (Å²) in [5.74, 6) is 0.910. The predicted octanol–water partition coefficient (Wildman–Crippen LogP) is 3.37. The molecule has 0 bridgehead atoms. The van der Waals surface area contributed by atoms with Crippen LogP contribution >= 0.6 is 0 Å². The summed E-state index contributed by atoms with van der Waals surface area (Å²) in [6, 6.07) is 18.1. The summed E-state index contributed by atoms with van der Waals surface area (Å²) in [7, 11) is 1.65. The summed E-state index contributed by atoms with van der Waals surface area (Å²) in [5, 5.41) is 3.07. The van der Waals surface area contributed by atoms with Crippen LogP contribution in [0.25, 0.3) is 0 Å². The molecule has 1 heterocycles. The summed E-state index contributed by atoms with van der Waals surface area (Å²) in [4.78, 5) is 12.5. The SMILES string of the molecule is COc1ccc(C(CC(=O)NCC2(C)COC2)c2ccccc2)cc1. The Balaban J connectivity index is 1.73. The summed E-state index contributed by atoms with van der Waals surface area (Å²) in [5.41, 5.74) is 2.33. The van der Waals surface area contributed by atoms with Gasteiger partial charge in [0.1, 0.15) is 5.75 Å². The van der Waals surface area contributed by atoms with E-state index < -0.39 is 0 Å². The molecule has 1 aliphatic heterocycles. The Labute approximate surface area is 149 Å². The molecule has 4 nitrogen and oxygen atoms in total. The summed E-state index contributed by atoms with van der Waals surface area (Å²) >= 11 is 0. The molecule has 0 aliphatic carbocycles. The number of nitrogens with one attached hydrogen (secondary N) is 1. The lowest BCUT2D eigenvalue weighted by Gasteiger charge is -2.38. The molecule has 1 N–H and O–H groups in total. The maximum Gasteiger partial charge on any atom is 0.220 e. The first-order valence-corrected chi connectivity index (χ1v) is 8.63. The van der Waals surface area contributed by atoms with Crippen LogP contribution in [-0.2, 0) is 9.53 Å². The molecule has 4 heteroatoms. The lowest BCUT2D eigenvalue weighted by Crippen LogP contribution is -2.48. The molecule has 3 rings (SSSR count). The molecule has 2 aromatic carbocycles. The van der Waals surface area contributed by atoms with E-state index in [4.69, 9.17) is 9.47 Å². The monoisotopic (exact) mass is 339 g/mol.